The molecule has 2 aromatic heterocycles. The second kappa shape index (κ2) is 5.68. The highest BCUT2D eigenvalue weighted by Gasteiger charge is 2.18. The van der Waals surface area contributed by atoms with Crippen molar-refractivity contribution in [1.82, 2.24) is 4.57 Å². The largest absolute Gasteiger partial charge is 0.339 e. The van der Waals surface area contributed by atoms with Crippen LogP contribution < -0.4 is 4.57 Å². The average Bonchev–Trinajstić information content (AvgIpc) is 2.91. The summed E-state index contributed by atoms with van der Waals surface area (Å²) >= 11 is 0. The summed E-state index contributed by atoms with van der Waals surface area (Å²) in [6, 6.07) is 22.3. The number of hydrogen-bond donors (Lipinski definition) is 0. The van der Waals surface area contributed by atoms with Gasteiger partial charge in [-0.3, -0.25) is 0 Å². The Hall–Kier alpha value is -3.13. The monoisotopic (exact) mass is 351 g/mol. The van der Waals surface area contributed by atoms with Crippen molar-refractivity contribution in [1.29, 1.82) is 0 Å². The van der Waals surface area contributed by atoms with Gasteiger partial charge < -0.3 is 4.57 Å². The molecule has 5 aromatic rings. The van der Waals surface area contributed by atoms with E-state index in [1.165, 1.54) is 55.0 Å². The normalized spacial score (nSPS) is 11.7. The molecule has 0 saturated carbocycles. The van der Waals surface area contributed by atoms with E-state index in [9.17, 15) is 0 Å². The summed E-state index contributed by atoms with van der Waals surface area (Å²) in [6.45, 7) is 4.35. The number of benzene rings is 3. The number of hydrogen-bond acceptors (Lipinski definition) is 0. The molecule has 0 unspecified atom stereocenters. The van der Waals surface area contributed by atoms with Gasteiger partial charge >= 0.3 is 0 Å². The molecule has 0 spiro atoms. The molecule has 0 atom stereocenters. The van der Waals surface area contributed by atoms with Crippen LogP contribution in [0.5, 0.6) is 0 Å². The van der Waals surface area contributed by atoms with Gasteiger partial charge in [-0.15, -0.1) is 0 Å². The zero-order chi connectivity index (χ0) is 18.7. The summed E-state index contributed by atoms with van der Waals surface area (Å²) in [5.74, 6) is 0. The Morgan fingerprint density at radius 2 is 1.48 bits per heavy atom. The number of aromatic nitrogens is 2. The third kappa shape index (κ3) is 2.37. The summed E-state index contributed by atoms with van der Waals surface area (Å²) in [5, 5.41) is 5.21. The fourth-order valence-corrected chi connectivity index (χ4v) is 4.34. The summed E-state index contributed by atoms with van der Waals surface area (Å²) < 4.78 is 4.56. The maximum Gasteiger partial charge on any atom is 0.213 e. The molecular weight excluding hydrogens is 328 g/mol. The topological polar surface area (TPSA) is 8.81 Å². The maximum absolute atomic E-state index is 2.35. The van der Waals surface area contributed by atoms with Crippen LogP contribution in [0.25, 0.3) is 43.8 Å². The van der Waals surface area contributed by atoms with Gasteiger partial charge in [-0.1, -0.05) is 42.0 Å². The summed E-state index contributed by atoms with van der Waals surface area (Å²) in [7, 11) is 4.30. The Bertz CT molecular complexity index is 1360. The van der Waals surface area contributed by atoms with Gasteiger partial charge in [-0.05, 0) is 48.4 Å². The highest BCUT2D eigenvalue weighted by atomic mass is 15.0. The molecular formula is C25H23N2+. The Labute approximate surface area is 159 Å². The zero-order valence-electron chi connectivity index (χ0n) is 16.2. The molecule has 3 aromatic carbocycles. The van der Waals surface area contributed by atoms with Gasteiger partial charge in [0.05, 0.1) is 0 Å². The van der Waals surface area contributed by atoms with Crippen molar-refractivity contribution in [3.63, 3.8) is 0 Å². The van der Waals surface area contributed by atoms with E-state index in [1.807, 2.05) is 0 Å². The van der Waals surface area contributed by atoms with Gasteiger partial charge in [0, 0.05) is 35.0 Å². The lowest BCUT2D eigenvalue weighted by molar-refractivity contribution is -0.659. The minimum Gasteiger partial charge on any atom is -0.339 e. The molecule has 0 aliphatic carbocycles. The number of aryl methyl sites for hydroxylation is 4. The number of rotatable bonds is 1. The zero-order valence-corrected chi connectivity index (χ0v) is 16.2. The molecule has 0 N–H and O–H groups in total. The van der Waals surface area contributed by atoms with E-state index in [-0.39, 0.29) is 0 Å². The summed E-state index contributed by atoms with van der Waals surface area (Å²) in [6.07, 6.45) is 2.26. The van der Waals surface area contributed by atoms with E-state index in [0.717, 1.165) is 0 Å². The Balaban J connectivity index is 1.88. The van der Waals surface area contributed by atoms with Crippen LogP contribution in [0.4, 0.5) is 0 Å². The van der Waals surface area contributed by atoms with Crippen molar-refractivity contribution in [3.8, 4) is 11.3 Å². The van der Waals surface area contributed by atoms with E-state index in [4.69, 9.17) is 0 Å². The Morgan fingerprint density at radius 1 is 0.778 bits per heavy atom. The number of nitrogens with zero attached hydrogens (tertiary/aromatic N) is 2. The quantitative estimate of drug-likeness (QED) is 0.348. The molecule has 0 fully saturated rings. The van der Waals surface area contributed by atoms with Crippen molar-refractivity contribution in [2.24, 2.45) is 14.1 Å². The van der Waals surface area contributed by atoms with Crippen LogP contribution in [0.1, 0.15) is 11.1 Å². The number of pyridine rings is 1. The molecule has 2 nitrogen and oxygen atoms in total. The van der Waals surface area contributed by atoms with E-state index < -0.39 is 0 Å². The molecule has 132 valence electrons. The highest BCUT2D eigenvalue weighted by molar-refractivity contribution is 6.12. The standard InChI is InChI=1S/C25H23N2/c1-16-9-10-20(17(2)11-16)23-14-22-21-12-18-7-5-6-8-19(18)13-24(21)27(4)25(22)15-26(23)3/h5-15H,1-4H3/q+1. The van der Waals surface area contributed by atoms with Gasteiger partial charge in [0.1, 0.15) is 12.6 Å². The fourth-order valence-electron chi connectivity index (χ4n) is 4.34. The molecule has 27 heavy (non-hydrogen) atoms. The van der Waals surface area contributed by atoms with E-state index in [2.05, 4.69) is 104 Å². The fraction of sp³-hybridized carbons (Fsp3) is 0.160. The smallest absolute Gasteiger partial charge is 0.213 e. The van der Waals surface area contributed by atoms with Crippen LogP contribution in [0, 0.1) is 13.8 Å². The molecule has 0 aliphatic rings. The summed E-state index contributed by atoms with van der Waals surface area (Å²) in [5.41, 5.74) is 7.70. The molecule has 0 radical (unpaired) electrons. The van der Waals surface area contributed by atoms with Gasteiger partial charge in [0.25, 0.3) is 0 Å². The lowest BCUT2D eigenvalue weighted by atomic mass is 10.0. The maximum atomic E-state index is 2.35. The van der Waals surface area contributed by atoms with Crippen molar-refractivity contribution in [2.45, 2.75) is 13.8 Å². The van der Waals surface area contributed by atoms with E-state index >= 15 is 0 Å². The van der Waals surface area contributed by atoms with Gasteiger partial charge in [-0.2, -0.15) is 4.57 Å². The minimum absolute atomic E-state index is 1.25. The van der Waals surface area contributed by atoms with Crippen molar-refractivity contribution in [3.05, 3.63) is 78.0 Å². The first kappa shape index (κ1) is 16.1. The first-order valence-electron chi connectivity index (χ1n) is 9.41. The van der Waals surface area contributed by atoms with Crippen LogP contribution in [0.3, 0.4) is 0 Å². The van der Waals surface area contributed by atoms with Gasteiger partial charge in [0.15, 0.2) is 6.20 Å². The minimum atomic E-state index is 1.25. The van der Waals surface area contributed by atoms with Crippen LogP contribution in [0.2, 0.25) is 0 Å². The molecule has 2 heteroatoms. The molecule has 0 saturated heterocycles. The third-order valence-electron chi connectivity index (χ3n) is 5.79. The van der Waals surface area contributed by atoms with Crippen LogP contribution in [-0.4, -0.2) is 4.57 Å². The molecule has 0 aliphatic heterocycles. The lowest BCUT2D eigenvalue weighted by Crippen LogP contribution is -2.30. The third-order valence-corrected chi connectivity index (χ3v) is 5.79. The van der Waals surface area contributed by atoms with Gasteiger partial charge in [-0.25, -0.2) is 0 Å². The first-order valence-corrected chi connectivity index (χ1v) is 9.41. The van der Waals surface area contributed by atoms with Crippen molar-refractivity contribution < 1.29 is 4.57 Å². The number of fused-ring (bicyclic) bond motifs is 4. The predicted octanol–water partition coefficient (Wildman–Crippen LogP) is 5.59. The Morgan fingerprint density at radius 3 is 2.22 bits per heavy atom. The van der Waals surface area contributed by atoms with E-state index in [0.29, 0.717) is 0 Å². The second-order valence-electron chi connectivity index (χ2n) is 7.66. The molecule has 0 amide bonds. The van der Waals surface area contributed by atoms with Crippen LogP contribution in [0.15, 0.2) is 66.9 Å². The van der Waals surface area contributed by atoms with E-state index in [1.54, 1.807) is 0 Å². The molecule has 2 heterocycles. The molecule has 5 rings (SSSR count). The van der Waals surface area contributed by atoms with Crippen LogP contribution >= 0.6 is 0 Å². The second-order valence-corrected chi connectivity index (χ2v) is 7.66. The molecule has 0 bridgehead atoms. The Kier molecular flexibility index (Phi) is 3.38. The predicted molar refractivity (Wildman–Crippen MR) is 114 cm³/mol. The highest BCUT2D eigenvalue weighted by Crippen LogP contribution is 2.33. The first-order chi connectivity index (χ1) is 13.0. The van der Waals surface area contributed by atoms with Gasteiger partial charge in [0.2, 0.25) is 5.69 Å². The van der Waals surface area contributed by atoms with Crippen molar-refractivity contribution in [2.75, 3.05) is 0 Å². The SMILES string of the molecule is Cc1ccc(-c2cc3c4cc5ccccc5cc4n(C)c3c[n+]2C)c(C)c1. The lowest BCUT2D eigenvalue weighted by Gasteiger charge is -2.06. The van der Waals surface area contributed by atoms with Crippen molar-refractivity contribution >= 4 is 32.6 Å². The average molecular weight is 351 g/mol. The summed E-state index contributed by atoms with van der Waals surface area (Å²) in [4.78, 5) is 0. The van der Waals surface area contributed by atoms with Crippen LogP contribution in [-0.2, 0) is 14.1 Å².